The normalized spacial score (nSPS) is 11.9. The van der Waals surface area contributed by atoms with Crippen LogP contribution in [-0.4, -0.2) is 27.4 Å². The molecule has 0 unspecified atom stereocenters. The predicted molar refractivity (Wildman–Crippen MR) is 136 cm³/mol. The van der Waals surface area contributed by atoms with E-state index >= 15 is 0 Å². The molecule has 0 amide bonds. The molecule has 0 atom stereocenters. The van der Waals surface area contributed by atoms with E-state index in [1.807, 2.05) is 44.2 Å². The maximum absolute atomic E-state index is 12.8. The fourth-order valence-corrected chi connectivity index (χ4v) is 5.23. The largest absolute Gasteiger partial charge is 0.489 e. The fourth-order valence-electron chi connectivity index (χ4n) is 3.78. The molecule has 0 N–H and O–H groups in total. The van der Waals surface area contributed by atoms with Gasteiger partial charge in [0.2, 0.25) is 0 Å². The van der Waals surface area contributed by atoms with E-state index < -0.39 is 9.84 Å². The second kappa shape index (κ2) is 11.0. The Hall–Kier alpha value is -3.31. The van der Waals surface area contributed by atoms with Gasteiger partial charge in [-0.1, -0.05) is 79.4 Å². The van der Waals surface area contributed by atoms with Gasteiger partial charge in [0.25, 0.3) is 0 Å². The quantitative estimate of drug-likeness (QED) is 0.317. The first-order valence-electron chi connectivity index (χ1n) is 10.8. The fraction of sp³-hybridized carbons (Fsp3) is 0.214. The Morgan fingerprint density at radius 3 is 2.03 bits per heavy atom. The van der Waals surface area contributed by atoms with E-state index in [9.17, 15) is 8.42 Å². The van der Waals surface area contributed by atoms with Crippen LogP contribution in [0.4, 0.5) is 0 Å². The van der Waals surface area contributed by atoms with Gasteiger partial charge in [-0.3, -0.25) is 0 Å². The maximum Gasteiger partial charge on any atom is 0.182 e. The Labute approximate surface area is 196 Å². The zero-order valence-electron chi connectivity index (χ0n) is 19.2. The summed E-state index contributed by atoms with van der Waals surface area (Å²) in [5.74, 6) is 1.52. The number of benzene rings is 3. The lowest BCUT2D eigenvalue weighted by molar-refractivity contribution is 0.354. The van der Waals surface area contributed by atoms with Gasteiger partial charge in [-0.15, -0.1) is 0 Å². The summed E-state index contributed by atoms with van der Waals surface area (Å²) in [4.78, 5) is 0.328. The van der Waals surface area contributed by atoms with E-state index in [-0.39, 0.29) is 5.75 Å². The molecule has 3 aromatic rings. The summed E-state index contributed by atoms with van der Waals surface area (Å²) in [6.07, 6.45) is 5.90. The highest BCUT2D eigenvalue weighted by molar-refractivity contribution is 7.91. The molecule has 0 aliphatic rings. The second-order valence-electron chi connectivity index (χ2n) is 7.83. The van der Waals surface area contributed by atoms with Gasteiger partial charge in [-0.25, -0.2) is 8.42 Å². The molecule has 0 fully saturated rings. The number of ether oxygens (including phenoxy) is 2. The van der Waals surface area contributed by atoms with E-state index in [1.165, 1.54) is 0 Å². The molecule has 5 heteroatoms. The number of hydrogen-bond acceptors (Lipinski definition) is 4. The van der Waals surface area contributed by atoms with Crippen molar-refractivity contribution in [3.63, 3.8) is 0 Å². The van der Waals surface area contributed by atoms with E-state index in [1.54, 1.807) is 42.5 Å². The van der Waals surface area contributed by atoms with Gasteiger partial charge >= 0.3 is 0 Å². The molecule has 3 rings (SSSR count). The molecule has 0 saturated heterocycles. The molecule has 0 aliphatic carbocycles. The van der Waals surface area contributed by atoms with Crippen LogP contribution in [0.25, 0.3) is 10.8 Å². The van der Waals surface area contributed by atoms with Crippen LogP contribution in [-0.2, 0) is 16.3 Å². The Morgan fingerprint density at radius 2 is 1.42 bits per heavy atom. The standard InChI is InChI=1S/C28H30O4S/c1-5-18-31-27-22(4)24(28(32-19-6-2)26-15-11-10-14-25(26)27)17-16-21(3)20-33(29,30)23-12-8-7-9-13-23/h5-16H,1-2,17-20H2,3-4H3/b21-16+. The van der Waals surface area contributed by atoms with Crippen molar-refractivity contribution in [2.75, 3.05) is 19.0 Å². The van der Waals surface area contributed by atoms with E-state index in [0.717, 1.165) is 39.0 Å². The third-order valence-corrected chi connectivity index (χ3v) is 7.18. The summed E-state index contributed by atoms with van der Waals surface area (Å²) in [5, 5.41) is 1.91. The van der Waals surface area contributed by atoms with Crippen LogP contribution in [0.15, 0.2) is 96.5 Å². The van der Waals surface area contributed by atoms with Gasteiger partial charge in [0.15, 0.2) is 9.84 Å². The van der Waals surface area contributed by atoms with Crippen molar-refractivity contribution in [2.45, 2.75) is 25.2 Å². The van der Waals surface area contributed by atoms with Crippen LogP contribution in [0.2, 0.25) is 0 Å². The zero-order valence-corrected chi connectivity index (χ0v) is 20.0. The average Bonchev–Trinajstić information content (AvgIpc) is 2.81. The monoisotopic (exact) mass is 462 g/mol. The average molecular weight is 463 g/mol. The lowest BCUT2D eigenvalue weighted by Crippen LogP contribution is -2.08. The summed E-state index contributed by atoms with van der Waals surface area (Å²) in [6, 6.07) is 16.5. The Morgan fingerprint density at radius 1 is 0.879 bits per heavy atom. The summed E-state index contributed by atoms with van der Waals surface area (Å²) in [5.41, 5.74) is 2.70. The zero-order chi connectivity index (χ0) is 23.8. The molecule has 0 bridgehead atoms. The highest BCUT2D eigenvalue weighted by Crippen LogP contribution is 2.41. The van der Waals surface area contributed by atoms with Crippen LogP contribution in [0.1, 0.15) is 18.1 Å². The molecule has 4 nitrogen and oxygen atoms in total. The molecule has 172 valence electrons. The van der Waals surface area contributed by atoms with E-state index in [2.05, 4.69) is 13.2 Å². The first kappa shape index (κ1) is 24.3. The number of rotatable bonds is 11. The third-order valence-electron chi connectivity index (χ3n) is 5.35. The second-order valence-corrected chi connectivity index (χ2v) is 9.82. The Bertz CT molecular complexity index is 1270. The van der Waals surface area contributed by atoms with E-state index in [0.29, 0.717) is 24.5 Å². The molecule has 0 heterocycles. The van der Waals surface area contributed by atoms with Gasteiger partial charge in [0, 0.05) is 16.3 Å². The lowest BCUT2D eigenvalue weighted by atomic mass is 9.96. The van der Waals surface area contributed by atoms with Gasteiger partial charge in [-0.2, -0.15) is 0 Å². The molecule has 0 aromatic heterocycles. The van der Waals surface area contributed by atoms with Crippen LogP contribution < -0.4 is 9.47 Å². The Balaban J connectivity index is 2.02. The van der Waals surface area contributed by atoms with Crippen molar-refractivity contribution in [1.29, 1.82) is 0 Å². The highest BCUT2D eigenvalue weighted by Gasteiger charge is 2.19. The van der Waals surface area contributed by atoms with Gasteiger partial charge in [-0.05, 0) is 38.0 Å². The van der Waals surface area contributed by atoms with Crippen molar-refractivity contribution in [3.8, 4) is 11.5 Å². The maximum atomic E-state index is 12.8. The van der Waals surface area contributed by atoms with Crippen LogP contribution in [0.3, 0.4) is 0 Å². The minimum atomic E-state index is -3.40. The van der Waals surface area contributed by atoms with Crippen molar-refractivity contribution in [3.05, 3.63) is 103 Å². The summed E-state index contributed by atoms with van der Waals surface area (Å²) in [7, 11) is -3.40. The van der Waals surface area contributed by atoms with Crippen LogP contribution >= 0.6 is 0 Å². The molecule has 0 radical (unpaired) electrons. The molecular weight excluding hydrogens is 432 g/mol. The summed E-state index contributed by atoms with van der Waals surface area (Å²) in [6.45, 7) is 12.1. The van der Waals surface area contributed by atoms with Gasteiger partial charge in [0.05, 0.1) is 10.6 Å². The minimum absolute atomic E-state index is 0.0354. The van der Waals surface area contributed by atoms with Crippen molar-refractivity contribution in [1.82, 2.24) is 0 Å². The number of sulfone groups is 1. The van der Waals surface area contributed by atoms with E-state index in [4.69, 9.17) is 9.47 Å². The van der Waals surface area contributed by atoms with Gasteiger partial charge in [0.1, 0.15) is 24.7 Å². The molecule has 3 aromatic carbocycles. The Kier molecular flexibility index (Phi) is 8.12. The van der Waals surface area contributed by atoms with Crippen LogP contribution in [0, 0.1) is 6.92 Å². The van der Waals surface area contributed by atoms with Crippen molar-refractivity contribution in [2.24, 2.45) is 0 Å². The summed E-state index contributed by atoms with van der Waals surface area (Å²) < 4.78 is 37.7. The molecule has 0 spiro atoms. The minimum Gasteiger partial charge on any atom is -0.489 e. The first-order valence-corrected chi connectivity index (χ1v) is 12.5. The smallest absolute Gasteiger partial charge is 0.182 e. The molecule has 0 aliphatic heterocycles. The number of allylic oxidation sites excluding steroid dienone is 1. The SMILES string of the molecule is C=CCOc1c(C)c(C/C=C(\C)CS(=O)(=O)c2ccccc2)c(OCC=C)c2ccccc12. The highest BCUT2D eigenvalue weighted by atomic mass is 32.2. The van der Waals surface area contributed by atoms with Crippen molar-refractivity contribution < 1.29 is 17.9 Å². The van der Waals surface area contributed by atoms with Crippen molar-refractivity contribution >= 4 is 20.6 Å². The predicted octanol–water partition coefficient (Wildman–Crippen LogP) is 6.24. The lowest BCUT2D eigenvalue weighted by Gasteiger charge is -2.20. The molecule has 0 saturated carbocycles. The molecular formula is C28H30O4S. The first-order chi connectivity index (χ1) is 15.9. The third kappa shape index (κ3) is 5.74. The number of fused-ring (bicyclic) bond motifs is 1. The number of hydrogen-bond donors (Lipinski definition) is 0. The summed E-state index contributed by atoms with van der Waals surface area (Å²) >= 11 is 0. The molecule has 33 heavy (non-hydrogen) atoms. The van der Waals surface area contributed by atoms with Gasteiger partial charge < -0.3 is 9.47 Å². The topological polar surface area (TPSA) is 52.6 Å². The van der Waals surface area contributed by atoms with Crippen LogP contribution in [0.5, 0.6) is 11.5 Å².